The van der Waals surface area contributed by atoms with E-state index in [1.807, 2.05) is 12.1 Å². The third-order valence-electron chi connectivity index (χ3n) is 4.14. The number of anilines is 1. The minimum absolute atomic E-state index is 0.285. The number of fused-ring (bicyclic) bond motifs is 1. The molecular weight excluding hydrogens is 240 g/mol. The molecule has 0 radical (unpaired) electrons. The Balaban J connectivity index is 1.83. The third-order valence-corrected chi connectivity index (χ3v) is 4.14. The number of nitrogens with one attached hydrogen (secondary N) is 2. The quantitative estimate of drug-likeness (QED) is 0.801. The highest BCUT2D eigenvalue weighted by Crippen LogP contribution is 2.29. The fourth-order valence-electron chi connectivity index (χ4n) is 2.96. The average molecular weight is 258 g/mol. The van der Waals surface area contributed by atoms with Crippen LogP contribution in [-0.4, -0.2) is 17.9 Å². The Kier molecular flexibility index (Phi) is 3.01. The summed E-state index contributed by atoms with van der Waals surface area (Å²) in [6.45, 7) is 2.28. The Labute approximate surface area is 112 Å². The average Bonchev–Trinajstić information content (AvgIpc) is 2.69. The molecule has 4 nitrogen and oxygen atoms in total. The fraction of sp³-hybridized carbons (Fsp3) is 0.467. The molecule has 2 amide bonds. The number of amides is 2. The van der Waals surface area contributed by atoms with Crippen LogP contribution in [-0.2, 0) is 0 Å². The number of carbonyl (C=O) groups is 2. The van der Waals surface area contributed by atoms with Crippen LogP contribution in [0.2, 0.25) is 0 Å². The second-order valence-corrected chi connectivity index (χ2v) is 5.61. The molecule has 0 unspecified atom stereocenters. The molecule has 0 saturated heterocycles. The number of rotatable bonds is 2. The van der Waals surface area contributed by atoms with Gasteiger partial charge in [0.1, 0.15) is 0 Å². The number of hydrogen-bond donors (Lipinski definition) is 2. The lowest BCUT2D eigenvalue weighted by Gasteiger charge is -2.28. The van der Waals surface area contributed by atoms with Gasteiger partial charge in [0.15, 0.2) is 0 Å². The van der Waals surface area contributed by atoms with Crippen molar-refractivity contribution in [1.82, 2.24) is 5.32 Å². The van der Waals surface area contributed by atoms with Gasteiger partial charge in [0, 0.05) is 11.7 Å². The second-order valence-electron chi connectivity index (χ2n) is 5.61. The Morgan fingerprint density at radius 2 is 1.84 bits per heavy atom. The van der Waals surface area contributed by atoms with Crippen molar-refractivity contribution in [3.05, 3.63) is 29.3 Å². The molecule has 2 N–H and O–H groups in total. The van der Waals surface area contributed by atoms with Crippen LogP contribution in [0.15, 0.2) is 18.2 Å². The zero-order valence-corrected chi connectivity index (χ0v) is 11.0. The zero-order valence-electron chi connectivity index (χ0n) is 11.0. The molecule has 19 heavy (non-hydrogen) atoms. The minimum Gasteiger partial charge on any atom is -0.382 e. The molecule has 0 bridgehead atoms. The van der Waals surface area contributed by atoms with Crippen LogP contribution in [0.25, 0.3) is 0 Å². The van der Waals surface area contributed by atoms with Crippen LogP contribution in [0.1, 0.15) is 53.3 Å². The standard InChI is InChI=1S/C15H18N2O2/c1-9-5-7-10(8-6-9)16-12-4-2-3-11-13(12)15(19)17-14(11)18/h2-4,9-10,16H,5-8H2,1H3,(H,17,18,19). The van der Waals surface area contributed by atoms with Crippen molar-refractivity contribution in [2.45, 2.75) is 38.6 Å². The van der Waals surface area contributed by atoms with E-state index < -0.39 is 0 Å². The van der Waals surface area contributed by atoms with E-state index in [-0.39, 0.29) is 11.8 Å². The van der Waals surface area contributed by atoms with Crippen LogP contribution < -0.4 is 10.6 Å². The molecule has 1 aliphatic carbocycles. The summed E-state index contributed by atoms with van der Waals surface area (Å²) in [6, 6.07) is 5.81. The smallest absolute Gasteiger partial charge is 0.261 e. The fourth-order valence-corrected chi connectivity index (χ4v) is 2.96. The highest BCUT2D eigenvalue weighted by atomic mass is 16.2. The van der Waals surface area contributed by atoms with E-state index in [0.717, 1.165) is 24.4 Å². The molecule has 0 atom stereocenters. The topological polar surface area (TPSA) is 58.2 Å². The van der Waals surface area contributed by atoms with Crippen LogP contribution in [0.4, 0.5) is 5.69 Å². The van der Waals surface area contributed by atoms with Gasteiger partial charge in [-0.15, -0.1) is 0 Å². The molecule has 2 aliphatic rings. The zero-order chi connectivity index (χ0) is 13.4. The molecule has 1 aromatic carbocycles. The van der Waals surface area contributed by atoms with Gasteiger partial charge in [-0.1, -0.05) is 13.0 Å². The maximum Gasteiger partial charge on any atom is 0.261 e. The molecule has 3 rings (SSSR count). The molecule has 1 aliphatic heterocycles. The van der Waals surface area contributed by atoms with Crippen LogP contribution in [0, 0.1) is 5.92 Å². The molecule has 0 aromatic heterocycles. The lowest BCUT2D eigenvalue weighted by molar-refractivity contribution is 0.0880. The van der Waals surface area contributed by atoms with Gasteiger partial charge in [0.25, 0.3) is 11.8 Å². The van der Waals surface area contributed by atoms with E-state index in [1.54, 1.807) is 6.07 Å². The van der Waals surface area contributed by atoms with Gasteiger partial charge in [0.05, 0.1) is 11.1 Å². The maximum atomic E-state index is 11.8. The highest BCUT2D eigenvalue weighted by Gasteiger charge is 2.30. The summed E-state index contributed by atoms with van der Waals surface area (Å²) < 4.78 is 0. The summed E-state index contributed by atoms with van der Waals surface area (Å²) in [5.41, 5.74) is 1.78. The van der Waals surface area contributed by atoms with Gasteiger partial charge in [-0.25, -0.2) is 0 Å². The van der Waals surface area contributed by atoms with Crippen LogP contribution >= 0.6 is 0 Å². The van der Waals surface area contributed by atoms with E-state index in [9.17, 15) is 9.59 Å². The monoisotopic (exact) mass is 258 g/mol. The molecule has 1 fully saturated rings. The summed E-state index contributed by atoms with van der Waals surface area (Å²) in [6.07, 6.45) is 4.69. The van der Waals surface area contributed by atoms with Crippen molar-refractivity contribution in [1.29, 1.82) is 0 Å². The van der Waals surface area contributed by atoms with Crippen LogP contribution in [0.5, 0.6) is 0 Å². The first-order chi connectivity index (χ1) is 9.15. The van der Waals surface area contributed by atoms with E-state index in [4.69, 9.17) is 0 Å². The predicted molar refractivity (Wildman–Crippen MR) is 73.3 cm³/mol. The lowest BCUT2D eigenvalue weighted by atomic mass is 9.87. The first kappa shape index (κ1) is 12.2. The molecule has 0 spiro atoms. The summed E-state index contributed by atoms with van der Waals surface area (Å²) in [5, 5.41) is 5.79. The van der Waals surface area contributed by atoms with Gasteiger partial charge in [0.2, 0.25) is 0 Å². The minimum atomic E-state index is -0.291. The van der Waals surface area contributed by atoms with E-state index in [2.05, 4.69) is 17.6 Å². The van der Waals surface area contributed by atoms with Gasteiger partial charge >= 0.3 is 0 Å². The first-order valence-corrected chi connectivity index (χ1v) is 6.90. The van der Waals surface area contributed by atoms with Crippen molar-refractivity contribution in [2.75, 3.05) is 5.32 Å². The first-order valence-electron chi connectivity index (χ1n) is 6.90. The summed E-state index contributed by atoms with van der Waals surface area (Å²) >= 11 is 0. The van der Waals surface area contributed by atoms with Gasteiger partial charge < -0.3 is 5.32 Å². The van der Waals surface area contributed by atoms with E-state index in [1.165, 1.54) is 12.8 Å². The molecule has 1 saturated carbocycles. The van der Waals surface area contributed by atoms with Gasteiger partial charge in [-0.05, 0) is 43.7 Å². The SMILES string of the molecule is CC1CCC(Nc2cccc3c2C(=O)NC3=O)CC1. The van der Waals surface area contributed by atoms with E-state index >= 15 is 0 Å². The van der Waals surface area contributed by atoms with Gasteiger partial charge in [-0.2, -0.15) is 0 Å². The number of imide groups is 1. The molecule has 4 heteroatoms. The summed E-state index contributed by atoms with van der Waals surface area (Å²) in [7, 11) is 0. The number of carbonyl (C=O) groups excluding carboxylic acids is 2. The normalized spacial score (nSPS) is 25.9. The van der Waals surface area contributed by atoms with Crippen molar-refractivity contribution >= 4 is 17.5 Å². The molecular formula is C15H18N2O2. The number of benzene rings is 1. The summed E-state index contributed by atoms with van der Waals surface area (Å²) in [5.74, 6) is 0.220. The van der Waals surface area contributed by atoms with Crippen molar-refractivity contribution in [2.24, 2.45) is 5.92 Å². The van der Waals surface area contributed by atoms with Crippen molar-refractivity contribution in [3.8, 4) is 0 Å². The van der Waals surface area contributed by atoms with E-state index in [0.29, 0.717) is 17.2 Å². The summed E-state index contributed by atoms with van der Waals surface area (Å²) in [4.78, 5) is 23.4. The Bertz CT molecular complexity index is 531. The van der Waals surface area contributed by atoms with Crippen LogP contribution in [0.3, 0.4) is 0 Å². The largest absolute Gasteiger partial charge is 0.382 e. The Morgan fingerprint density at radius 1 is 1.11 bits per heavy atom. The molecule has 1 aromatic rings. The maximum absolute atomic E-state index is 11.8. The lowest BCUT2D eigenvalue weighted by Crippen LogP contribution is -2.26. The predicted octanol–water partition coefficient (Wildman–Crippen LogP) is 2.56. The Morgan fingerprint density at radius 3 is 2.58 bits per heavy atom. The van der Waals surface area contributed by atoms with Crippen molar-refractivity contribution in [3.63, 3.8) is 0 Å². The molecule has 1 heterocycles. The Hall–Kier alpha value is -1.84. The third kappa shape index (κ3) is 2.23. The van der Waals surface area contributed by atoms with Crippen molar-refractivity contribution < 1.29 is 9.59 Å². The molecule has 100 valence electrons. The second kappa shape index (κ2) is 4.68. The number of hydrogen-bond acceptors (Lipinski definition) is 3. The van der Waals surface area contributed by atoms with Gasteiger partial charge in [-0.3, -0.25) is 14.9 Å². The highest BCUT2D eigenvalue weighted by molar-refractivity contribution is 6.23.